The summed E-state index contributed by atoms with van der Waals surface area (Å²) in [5, 5.41) is 10.9. The number of benzene rings is 1. The Kier molecular flexibility index (Phi) is 3.59. The summed E-state index contributed by atoms with van der Waals surface area (Å²) in [5.74, 6) is 1.32. The molecule has 1 aliphatic heterocycles. The molecule has 3 rings (SSSR count). The van der Waals surface area contributed by atoms with Crippen molar-refractivity contribution in [2.24, 2.45) is 11.7 Å². The number of hydrogen-bond donors (Lipinski definition) is 2. The van der Waals surface area contributed by atoms with Crippen LogP contribution in [0.2, 0.25) is 0 Å². The van der Waals surface area contributed by atoms with Crippen molar-refractivity contribution in [2.75, 3.05) is 18.0 Å². The molecule has 4 heteroatoms. The summed E-state index contributed by atoms with van der Waals surface area (Å²) in [6.45, 7) is 4.20. The molecule has 1 aliphatic rings. The maximum Gasteiger partial charge on any atom is 0.129 e. The molecular weight excluding hydrogens is 250 g/mol. The lowest BCUT2D eigenvalue weighted by Crippen LogP contribution is -2.24. The van der Waals surface area contributed by atoms with Crippen LogP contribution in [0.4, 0.5) is 5.82 Å². The summed E-state index contributed by atoms with van der Waals surface area (Å²) in [7, 11) is 0. The maximum absolute atomic E-state index is 9.72. The summed E-state index contributed by atoms with van der Waals surface area (Å²) in [6, 6.07) is 10.2. The lowest BCUT2D eigenvalue weighted by molar-refractivity contribution is 0.136. The molecule has 0 aliphatic carbocycles. The zero-order chi connectivity index (χ0) is 14.1. The highest BCUT2D eigenvalue weighted by molar-refractivity contribution is 5.84. The number of para-hydroxylation sites is 1. The molecule has 1 fully saturated rings. The largest absolute Gasteiger partial charge is 0.393 e. The second kappa shape index (κ2) is 5.38. The third-order valence-corrected chi connectivity index (χ3v) is 4.24. The summed E-state index contributed by atoms with van der Waals surface area (Å²) in [4.78, 5) is 7.00. The van der Waals surface area contributed by atoms with Crippen molar-refractivity contribution in [1.82, 2.24) is 4.98 Å². The first-order chi connectivity index (χ1) is 9.69. The second-order valence-corrected chi connectivity index (χ2v) is 5.60. The van der Waals surface area contributed by atoms with Gasteiger partial charge in [0.05, 0.1) is 11.6 Å². The van der Waals surface area contributed by atoms with Crippen molar-refractivity contribution in [2.45, 2.75) is 26.0 Å². The van der Waals surface area contributed by atoms with E-state index in [1.807, 2.05) is 25.1 Å². The van der Waals surface area contributed by atoms with Crippen LogP contribution < -0.4 is 10.6 Å². The fourth-order valence-electron chi connectivity index (χ4n) is 2.95. The minimum absolute atomic E-state index is 0.255. The van der Waals surface area contributed by atoms with E-state index in [4.69, 9.17) is 10.7 Å². The zero-order valence-electron chi connectivity index (χ0n) is 11.8. The van der Waals surface area contributed by atoms with Gasteiger partial charge in [-0.3, -0.25) is 0 Å². The lowest BCUT2D eigenvalue weighted by Gasteiger charge is -2.20. The average molecular weight is 271 g/mol. The molecule has 0 spiro atoms. The van der Waals surface area contributed by atoms with E-state index >= 15 is 0 Å². The molecule has 0 bridgehead atoms. The van der Waals surface area contributed by atoms with Crippen molar-refractivity contribution in [3.8, 4) is 0 Å². The van der Waals surface area contributed by atoms with Crippen LogP contribution in [0, 0.1) is 5.92 Å². The Balaban J connectivity index is 1.96. The van der Waals surface area contributed by atoms with Crippen molar-refractivity contribution in [3.05, 3.63) is 35.9 Å². The number of fused-ring (bicyclic) bond motifs is 1. The summed E-state index contributed by atoms with van der Waals surface area (Å²) in [6.07, 6.45) is 0.763. The first-order valence-corrected chi connectivity index (χ1v) is 7.21. The molecule has 1 aromatic carbocycles. The van der Waals surface area contributed by atoms with Gasteiger partial charge in [0.25, 0.3) is 0 Å². The third kappa shape index (κ3) is 2.37. The standard InChI is InChI=1S/C16H21N3O/c1-11(20)12-6-7-19(10-12)16-8-13(9-17)14-4-2-3-5-15(14)18-16/h2-5,8,11-12,20H,6-7,9-10,17H2,1H3. The number of pyridine rings is 1. The molecule has 3 N–H and O–H groups in total. The fraction of sp³-hybridized carbons (Fsp3) is 0.438. The lowest BCUT2D eigenvalue weighted by atomic mass is 10.0. The van der Waals surface area contributed by atoms with E-state index in [-0.39, 0.29) is 6.10 Å². The van der Waals surface area contributed by atoms with Gasteiger partial charge in [0, 0.05) is 30.9 Å². The van der Waals surface area contributed by atoms with E-state index in [9.17, 15) is 5.11 Å². The number of aromatic nitrogens is 1. The SMILES string of the molecule is CC(O)C1CCN(c2cc(CN)c3ccccc3n2)C1. The Morgan fingerprint density at radius 3 is 2.95 bits per heavy atom. The Bertz CT molecular complexity index is 612. The molecule has 106 valence electrons. The van der Waals surface area contributed by atoms with Gasteiger partial charge >= 0.3 is 0 Å². The quantitative estimate of drug-likeness (QED) is 0.895. The van der Waals surface area contributed by atoms with Gasteiger partial charge in [0.1, 0.15) is 5.82 Å². The monoisotopic (exact) mass is 271 g/mol. The molecule has 1 saturated heterocycles. The summed E-state index contributed by atoms with van der Waals surface area (Å²) >= 11 is 0. The van der Waals surface area contributed by atoms with Crippen LogP contribution in [0.1, 0.15) is 18.9 Å². The predicted octanol–water partition coefficient (Wildman–Crippen LogP) is 1.90. The highest BCUT2D eigenvalue weighted by Gasteiger charge is 2.27. The Labute approximate surface area is 119 Å². The van der Waals surface area contributed by atoms with E-state index in [0.717, 1.165) is 41.8 Å². The average Bonchev–Trinajstić information content (AvgIpc) is 2.96. The van der Waals surface area contributed by atoms with Gasteiger partial charge in [-0.25, -0.2) is 4.98 Å². The molecule has 2 aromatic rings. The minimum atomic E-state index is -0.255. The molecule has 1 aromatic heterocycles. The zero-order valence-corrected chi connectivity index (χ0v) is 11.8. The number of rotatable bonds is 3. The van der Waals surface area contributed by atoms with Crippen molar-refractivity contribution in [3.63, 3.8) is 0 Å². The summed E-state index contributed by atoms with van der Waals surface area (Å²) in [5.41, 5.74) is 7.99. The highest BCUT2D eigenvalue weighted by atomic mass is 16.3. The Hall–Kier alpha value is -1.65. The number of anilines is 1. The van der Waals surface area contributed by atoms with Gasteiger partial charge in [-0.1, -0.05) is 18.2 Å². The van der Waals surface area contributed by atoms with Gasteiger partial charge in [-0.05, 0) is 31.0 Å². The molecule has 0 saturated carbocycles. The van der Waals surface area contributed by atoms with Gasteiger partial charge in [0.2, 0.25) is 0 Å². The van der Waals surface area contributed by atoms with Gasteiger partial charge in [-0.2, -0.15) is 0 Å². The Morgan fingerprint density at radius 2 is 2.25 bits per heavy atom. The van der Waals surface area contributed by atoms with Crippen LogP contribution in [0.3, 0.4) is 0 Å². The number of aliphatic hydroxyl groups excluding tert-OH is 1. The number of hydrogen-bond acceptors (Lipinski definition) is 4. The predicted molar refractivity (Wildman–Crippen MR) is 81.6 cm³/mol. The highest BCUT2D eigenvalue weighted by Crippen LogP contribution is 2.28. The Morgan fingerprint density at radius 1 is 1.45 bits per heavy atom. The topological polar surface area (TPSA) is 62.4 Å². The number of aliphatic hydroxyl groups is 1. The van der Waals surface area contributed by atoms with E-state index < -0.39 is 0 Å². The molecule has 20 heavy (non-hydrogen) atoms. The molecule has 0 amide bonds. The van der Waals surface area contributed by atoms with Crippen LogP contribution >= 0.6 is 0 Å². The van der Waals surface area contributed by atoms with Gasteiger partial charge in [-0.15, -0.1) is 0 Å². The van der Waals surface area contributed by atoms with Crippen molar-refractivity contribution >= 4 is 16.7 Å². The molecule has 2 unspecified atom stereocenters. The van der Waals surface area contributed by atoms with Crippen LogP contribution in [0.25, 0.3) is 10.9 Å². The fourth-order valence-corrected chi connectivity index (χ4v) is 2.95. The molecular formula is C16H21N3O. The third-order valence-electron chi connectivity index (χ3n) is 4.24. The van der Waals surface area contributed by atoms with Crippen LogP contribution in [-0.4, -0.2) is 29.3 Å². The number of nitrogens with zero attached hydrogens (tertiary/aromatic N) is 2. The minimum Gasteiger partial charge on any atom is -0.393 e. The van der Waals surface area contributed by atoms with E-state index in [2.05, 4.69) is 17.0 Å². The molecule has 2 atom stereocenters. The van der Waals surface area contributed by atoms with E-state index in [1.54, 1.807) is 0 Å². The van der Waals surface area contributed by atoms with Gasteiger partial charge in [0.15, 0.2) is 0 Å². The van der Waals surface area contributed by atoms with Crippen LogP contribution in [-0.2, 0) is 6.54 Å². The maximum atomic E-state index is 9.72. The number of nitrogens with two attached hydrogens (primary N) is 1. The summed E-state index contributed by atoms with van der Waals surface area (Å²) < 4.78 is 0. The molecule has 2 heterocycles. The second-order valence-electron chi connectivity index (χ2n) is 5.60. The normalized spacial score (nSPS) is 20.6. The molecule has 4 nitrogen and oxygen atoms in total. The first-order valence-electron chi connectivity index (χ1n) is 7.21. The molecule has 0 radical (unpaired) electrons. The van der Waals surface area contributed by atoms with E-state index in [1.165, 1.54) is 0 Å². The van der Waals surface area contributed by atoms with Gasteiger partial charge < -0.3 is 15.7 Å². The van der Waals surface area contributed by atoms with Crippen LogP contribution in [0.5, 0.6) is 0 Å². The van der Waals surface area contributed by atoms with Crippen LogP contribution in [0.15, 0.2) is 30.3 Å². The smallest absolute Gasteiger partial charge is 0.129 e. The van der Waals surface area contributed by atoms with Crippen molar-refractivity contribution in [1.29, 1.82) is 0 Å². The first kappa shape index (κ1) is 13.3. The van der Waals surface area contributed by atoms with E-state index in [0.29, 0.717) is 12.5 Å². The van der Waals surface area contributed by atoms with Crippen molar-refractivity contribution < 1.29 is 5.11 Å².